The van der Waals surface area contributed by atoms with E-state index in [1.54, 1.807) is 25.1 Å². The van der Waals surface area contributed by atoms with Crippen LogP contribution in [0.2, 0.25) is 5.02 Å². The van der Waals surface area contributed by atoms with Gasteiger partial charge in [-0.05, 0) is 36.1 Å². The second-order valence-corrected chi connectivity index (χ2v) is 11.7. The van der Waals surface area contributed by atoms with Crippen LogP contribution in [0.25, 0.3) is 10.9 Å². The molecule has 33 heavy (non-hydrogen) atoms. The van der Waals surface area contributed by atoms with E-state index < -0.39 is 27.0 Å². The minimum absolute atomic E-state index is 0.148. The third-order valence-electron chi connectivity index (χ3n) is 5.89. The monoisotopic (exact) mass is 495 g/mol. The van der Waals surface area contributed by atoms with E-state index in [9.17, 15) is 17.8 Å². The van der Waals surface area contributed by atoms with Gasteiger partial charge >= 0.3 is 0 Å². The van der Waals surface area contributed by atoms with E-state index in [0.717, 1.165) is 5.56 Å². The van der Waals surface area contributed by atoms with Crippen molar-refractivity contribution in [3.8, 4) is 0 Å². The lowest BCUT2D eigenvalue weighted by atomic mass is 9.67. The van der Waals surface area contributed by atoms with Gasteiger partial charge in [0.05, 0.1) is 25.7 Å². The standard InChI is InChI=1S/C22H24ClF2N5O2S/c1-13-5-6-15(23)17-18(13)29-30(12-21(2)10-22(24,25)11-21)19(17)20(31)28-14-7-8-27-16(9-14)33(4,32)26-3/h5-9H,10-12H2,1-4H3,(H,27,28,31). The van der Waals surface area contributed by atoms with Gasteiger partial charge in [0.15, 0.2) is 0 Å². The van der Waals surface area contributed by atoms with Crippen LogP contribution in [-0.2, 0) is 16.3 Å². The van der Waals surface area contributed by atoms with E-state index in [1.807, 2.05) is 6.92 Å². The van der Waals surface area contributed by atoms with Crippen molar-refractivity contribution in [1.82, 2.24) is 14.8 Å². The fourth-order valence-electron chi connectivity index (χ4n) is 4.32. The highest BCUT2D eigenvalue weighted by Gasteiger charge is 2.54. The Morgan fingerprint density at radius 2 is 2.03 bits per heavy atom. The molecule has 1 atom stereocenters. The molecule has 1 amide bonds. The second-order valence-electron chi connectivity index (χ2n) is 8.94. The topological polar surface area (TPSA) is 89.2 Å². The van der Waals surface area contributed by atoms with Gasteiger partial charge in [-0.25, -0.2) is 22.3 Å². The number of fused-ring (bicyclic) bond motifs is 1. The van der Waals surface area contributed by atoms with Gasteiger partial charge in [0.25, 0.3) is 5.91 Å². The molecule has 11 heteroatoms. The molecule has 176 valence electrons. The molecule has 2 heterocycles. The number of amides is 1. The largest absolute Gasteiger partial charge is 0.320 e. The average Bonchev–Trinajstić information content (AvgIpc) is 3.09. The molecule has 0 bridgehead atoms. The maximum atomic E-state index is 13.6. The summed E-state index contributed by atoms with van der Waals surface area (Å²) in [6.45, 7) is 3.75. The number of hydrogen-bond acceptors (Lipinski definition) is 5. The highest BCUT2D eigenvalue weighted by atomic mass is 35.5. The Bertz CT molecular complexity index is 1390. The summed E-state index contributed by atoms with van der Waals surface area (Å²) in [5.74, 6) is -3.21. The average molecular weight is 496 g/mol. The number of nitrogens with one attached hydrogen (secondary N) is 1. The number of alkyl halides is 2. The van der Waals surface area contributed by atoms with Crippen LogP contribution in [-0.4, -0.2) is 44.1 Å². The van der Waals surface area contributed by atoms with E-state index in [4.69, 9.17) is 11.6 Å². The molecule has 1 aliphatic carbocycles. The first-order valence-electron chi connectivity index (χ1n) is 10.3. The SMILES string of the molecule is CN=S(C)(=O)c1cc(NC(=O)c2c3c(Cl)ccc(C)c3nn2CC2(C)CC(F)(F)C2)ccn1. The molecule has 1 aliphatic rings. The van der Waals surface area contributed by atoms with Crippen LogP contribution < -0.4 is 5.32 Å². The molecule has 0 saturated heterocycles. The van der Waals surface area contributed by atoms with Crippen molar-refractivity contribution in [2.75, 3.05) is 18.6 Å². The summed E-state index contributed by atoms with van der Waals surface area (Å²) < 4.78 is 45.1. The molecule has 1 fully saturated rings. The first-order valence-corrected chi connectivity index (χ1v) is 12.6. The number of aromatic nitrogens is 3. The van der Waals surface area contributed by atoms with Crippen LogP contribution in [0.3, 0.4) is 0 Å². The zero-order valence-corrected chi connectivity index (χ0v) is 20.2. The van der Waals surface area contributed by atoms with E-state index in [1.165, 1.54) is 30.2 Å². The highest BCUT2D eigenvalue weighted by Crippen LogP contribution is 2.52. The Morgan fingerprint density at radius 3 is 2.67 bits per heavy atom. The van der Waals surface area contributed by atoms with Crippen LogP contribution in [0.1, 0.15) is 35.8 Å². The lowest BCUT2D eigenvalue weighted by molar-refractivity contribution is -0.159. The number of aryl methyl sites for hydroxylation is 1. The molecule has 0 spiro atoms. The molecule has 0 radical (unpaired) electrons. The summed E-state index contributed by atoms with van der Waals surface area (Å²) in [5.41, 5.74) is 1.22. The lowest BCUT2D eigenvalue weighted by Crippen LogP contribution is -2.47. The molecule has 0 aliphatic heterocycles. The van der Waals surface area contributed by atoms with Crippen molar-refractivity contribution in [3.05, 3.63) is 46.7 Å². The molecular weight excluding hydrogens is 472 g/mol. The molecule has 2 aromatic heterocycles. The zero-order chi connectivity index (χ0) is 24.2. The van der Waals surface area contributed by atoms with E-state index in [0.29, 0.717) is 21.6 Å². The van der Waals surface area contributed by atoms with Gasteiger partial charge in [0.1, 0.15) is 10.7 Å². The number of pyridine rings is 1. The van der Waals surface area contributed by atoms with Gasteiger partial charge in [0.2, 0.25) is 5.92 Å². The number of benzene rings is 1. The number of carbonyl (C=O) groups excluding carboxylic acids is 1. The van der Waals surface area contributed by atoms with Crippen LogP contribution in [0.15, 0.2) is 39.9 Å². The fourth-order valence-corrected chi connectivity index (χ4v) is 5.35. The molecule has 4 rings (SSSR count). The number of halogens is 3. The summed E-state index contributed by atoms with van der Waals surface area (Å²) in [7, 11) is -1.25. The van der Waals surface area contributed by atoms with Gasteiger partial charge in [-0.3, -0.25) is 9.48 Å². The zero-order valence-electron chi connectivity index (χ0n) is 18.7. The van der Waals surface area contributed by atoms with Crippen molar-refractivity contribution in [2.45, 2.75) is 44.2 Å². The van der Waals surface area contributed by atoms with Crippen molar-refractivity contribution in [3.63, 3.8) is 0 Å². The molecular formula is C22H24ClF2N5O2S. The van der Waals surface area contributed by atoms with Crippen LogP contribution in [0, 0.1) is 12.3 Å². The van der Waals surface area contributed by atoms with Crippen LogP contribution in [0.5, 0.6) is 0 Å². The number of anilines is 1. The number of rotatable bonds is 5. The quantitative estimate of drug-likeness (QED) is 0.529. The molecule has 1 aromatic carbocycles. The Labute approximate surface area is 195 Å². The van der Waals surface area contributed by atoms with E-state index >= 15 is 0 Å². The van der Waals surface area contributed by atoms with Gasteiger partial charge in [-0.2, -0.15) is 5.10 Å². The number of carbonyl (C=O) groups is 1. The first-order chi connectivity index (χ1) is 15.3. The number of nitrogens with zero attached hydrogens (tertiary/aromatic N) is 4. The van der Waals surface area contributed by atoms with Gasteiger partial charge in [-0.15, -0.1) is 0 Å². The molecule has 1 unspecified atom stereocenters. The van der Waals surface area contributed by atoms with E-state index in [-0.39, 0.29) is 30.1 Å². The Hall–Kier alpha value is -2.59. The van der Waals surface area contributed by atoms with Crippen molar-refractivity contribution < 1.29 is 17.8 Å². The first kappa shape index (κ1) is 23.6. The minimum Gasteiger partial charge on any atom is -0.320 e. The van der Waals surface area contributed by atoms with Crippen LogP contribution in [0.4, 0.5) is 14.5 Å². The van der Waals surface area contributed by atoms with Crippen molar-refractivity contribution in [1.29, 1.82) is 0 Å². The number of hydrogen-bond donors (Lipinski definition) is 1. The third kappa shape index (κ3) is 4.46. The molecule has 3 aromatic rings. The predicted molar refractivity (Wildman–Crippen MR) is 125 cm³/mol. The maximum absolute atomic E-state index is 13.6. The second kappa shape index (κ2) is 8.02. The Kier molecular flexibility index (Phi) is 5.73. The smallest absolute Gasteiger partial charge is 0.274 e. The summed E-state index contributed by atoms with van der Waals surface area (Å²) in [6.07, 6.45) is 2.34. The Balaban J connectivity index is 1.76. The fraction of sp³-hybridized carbons (Fsp3) is 0.409. The predicted octanol–water partition coefficient (Wildman–Crippen LogP) is 5.17. The summed E-state index contributed by atoms with van der Waals surface area (Å²) >= 11 is 6.45. The van der Waals surface area contributed by atoms with Gasteiger partial charge in [0, 0.05) is 44.6 Å². The third-order valence-corrected chi connectivity index (χ3v) is 7.90. The lowest BCUT2D eigenvalue weighted by Gasteiger charge is -2.44. The Morgan fingerprint density at radius 1 is 1.33 bits per heavy atom. The van der Waals surface area contributed by atoms with Crippen molar-refractivity contribution >= 4 is 43.8 Å². The maximum Gasteiger partial charge on any atom is 0.274 e. The van der Waals surface area contributed by atoms with E-state index in [2.05, 4.69) is 19.8 Å². The minimum atomic E-state index is -2.71. The summed E-state index contributed by atoms with van der Waals surface area (Å²) in [4.78, 5) is 17.5. The van der Waals surface area contributed by atoms with Crippen molar-refractivity contribution in [2.24, 2.45) is 9.78 Å². The molecule has 1 saturated carbocycles. The molecule has 1 N–H and O–H groups in total. The summed E-state index contributed by atoms with van der Waals surface area (Å²) in [5, 5.41) is 8.39. The van der Waals surface area contributed by atoms with Gasteiger partial charge < -0.3 is 5.32 Å². The highest BCUT2D eigenvalue weighted by molar-refractivity contribution is 7.92. The normalized spacial score (nSPS) is 18.4. The van der Waals surface area contributed by atoms with Crippen LogP contribution >= 0.6 is 11.6 Å². The van der Waals surface area contributed by atoms with Gasteiger partial charge in [-0.1, -0.05) is 24.6 Å². The molecule has 7 nitrogen and oxygen atoms in total. The summed E-state index contributed by atoms with van der Waals surface area (Å²) in [6, 6.07) is 6.54.